The lowest BCUT2D eigenvalue weighted by Gasteiger charge is -2.44. The molecule has 0 aliphatic heterocycles. The fourth-order valence-corrected chi connectivity index (χ4v) is 2.57. The van der Waals surface area contributed by atoms with Crippen molar-refractivity contribution in [1.29, 1.82) is 0 Å². The Morgan fingerprint density at radius 3 is 2.50 bits per heavy atom. The molecule has 2 unspecified atom stereocenters. The standard InChI is InChI=1S/C16H29N3O/c1-7-12(3)11-13(4)14-9-10-15(14)19(20-6)16(8-2)18-17-5/h11,14-15,17H,4,7-10H2,1-3,5-6H3/b12-11-,18-16-. The second-order valence-corrected chi connectivity index (χ2v) is 5.28. The van der Waals surface area contributed by atoms with Crippen LogP contribution in [-0.2, 0) is 4.84 Å². The van der Waals surface area contributed by atoms with E-state index in [0.717, 1.165) is 25.1 Å². The lowest BCUT2D eigenvalue weighted by Crippen LogP contribution is -2.50. The Labute approximate surface area is 123 Å². The molecule has 1 aliphatic rings. The molecule has 1 N–H and O–H groups in total. The first-order chi connectivity index (χ1) is 9.58. The predicted molar refractivity (Wildman–Crippen MR) is 85.3 cm³/mol. The minimum atomic E-state index is 0.348. The normalized spacial score (nSPS) is 23.2. The summed E-state index contributed by atoms with van der Waals surface area (Å²) in [5.41, 5.74) is 5.44. The highest BCUT2D eigenvalue weighted by Gasteiger charge is 2.38. The van der Waals surface area contributed by atoms with Gasteiger partial charge in [0.2, 0.25) is 0 Å². The van der Waals surface area contributed by atoms with Crippen LogP contribution in [0.1, 0.15) is 46.5 Å². The number of amidine groups is 1. The second-order valence-electron chi connectivity index (χ2n) is 5.28. The Kier molecular flexibility index (Phi) is 6.79. The molecule has 0 amide bonds. The van der Waals surface area contributed by atoms with Crippen LogP contribution < -0.4 is 5.43 Å². The maximum absolute atomic E-state index is 5.57. The predicted octanol–water partition coefficient (Wildman–Crippen LogP) is 3.48. The fourth-order valence-electron chi connectivity index (χ4n) is 2.57. The molecule has 0 aromatic carbocycles. The molecule has 0 heterocycles. The second kappa shape index (κ2) is 8.10. The first kappa shape index (κ1) is 16.8. The maximum atomic E-state index is 5.57. The van der Waals surface area contributed by atoms with Crippen molar-refractivity contribution in [2.75, 3.05) is 14.2 Å². The Balaban J connectivity index is 2.80. The molecule has 0 aromatic rings. The van der Waals surface area contributed by atoms with Crippen LogP contribution >= 0.6 is 0 Å². The lowest BCUT2D eigenvalue weighted by atomic mass is 9.74. The number of rotatable bonds is 7. The highest BCUT2D eigenvalue weighted by molar-refractivity contribution is 5.81. The van der Waals surface area contributed by atoms with Crippen LogP contribution in [0, 0.1) is 5.92 Å². The molecule has 1 aliphatic carbocycles. The van der Waals surface area contributed by atoms with Crippen molar-refractivity contribution in [3.8, 4) is 0 Å². The summed E-state index contributed by atoms with van der Waals surface area (Å²) in [5, 5.41) is 6.26. The third-order valence-electron chi connectivity index (χ3n) is 4.01. The highest BCUT2D eigenvalue weighted by atomic mass is 16.7. The summed E-state index contributed by atoms with van der Waals surface area (Å²) in [6.07, 6.45) is 6.44. The minimum absolute atomic E-state index is 0.348. The average Bonchev–Trinajstić information content (AvgIpc) is 2.40. The van der Waals surface area contributed by atoms with Crippen molar-refractivity contribution in [3.63, 3.8) is 0 Å². The zero-order valence-corrected chi connectivity index (χ0v) is 13.6. The Hall–Kier alpha value is -1.29. The minimum Gasteiger partial charge on any atom is -0.311 e. The highest BCUT2D eigenvalue weighted by Crippen LogP contribution is 2.38. The molecule has 1 fully saturated rings. The van der Waals surface area contributed by atoms with Crippen LogP contribution in [-0.4, -0.2) is 31.1 Å². The molecule has 0 radical (unpaired) electrons. The Bertz CT molecular complexity index is 387. The third-order valence-corrected chi connectivity index (χ3v) is 4.01. The number of hydrogen-bond donors (Lipinski definition) is 1. The van der Waals surface area contributed by atoms with Crippen molar-refractivity contribution in [3.05, 3.63) is 23.8 Å². The van der Waals surface area contributed by atoms with E-state index in [-0.39, 0.29) is 0 Å². The smallest absolute Gasteiger partial charge is 0.148 e. The average molecular weight is 279 g/mol. The van der Waals surface area contributed by atoms with Gasteiger partial charge in [0.25, 0.3) is 0 Å². The van der Waals surface area contributed by atoms with Gasteiger partial charge in [-0.3, -0.25) is 4.84 Å². The number of nitrogens with zero attached hydrogens (tertiary/aromatic N) is 2. The molecule has 2 atom stereocenters. The topological polar surface area (TPSA) is 36.9 Å². The summed E-state index contributed by atoms with van der Waals surface area (Å²) in [7, 11) is 3.53. The molecule has 20 heavy (non-hydrogen) atoms. The van der Waals surface area contributed by atoms with Gasteiger partial charge >= 0.3 is 0 Å². The van der Waals surface area contributed by atoms with E-state index in [2.05, 4.69) is 44.0 Å². The van der Waals surface area contributed by atoms with Crippen molar-refractivity contribution in [2.45, 2.75) is 52.5 Å². The van der Waals surface area contributed by atoms with Crippen LogP contribution in [0.15, 0.2) is 28.9 Å². The van der Waals surface area contributed by atoms with E-state index in [4.69, 9.17) is 4.84 Å². The number of nitrogens with one attached hydrogen (secondary N) is 1. The van der Waals surface area contributed by atoms with Crippen molar-refractivity contribution < 1.29 is 4.84 Å². The van der Waals surface area contributed by atoms with Gasteiger partial charge in [-0.1, -0.05) is 37.6 Å². The number of allylic oxidation sites excluding steroid dienone is 2. The van der Waals surface area contributed by atoms with E-state index in [1.54, 1.807) is 7.11 Å². The van der Waals surface area contributed by atoms with Gasteiger partial charge in [-0.05, 0) is 26.2 Å². The Morgan fingerprint density at radius 1 is 1.40 bits per heavy atom. The number of hydrogen-bond acceptors (Lipinski definition) is 3. The van der Waals surface area contributed by atoms with Crippen LogP contribution in [0.4, 0.5) is 0 Å². The monoisotopic (exact) mass is 279 g/mol. The molecular formula is C16H29N3O. The van der Waals surface area contributed by atoms with Crippen LogP contribution in [0.3, 0.4) is 0 Å². The largest absolute Gasteiger partial charge is 0.311 e. The lowest BCUT2D eigenvalue weighted by molar-refractivity contribution is -0.132. The van der Waals surface area contributed by atoms with Gasteiger partial charge in [0.05, 0.1) is 13.2 Å². The SMILES string of the molecule is C=C(/C=C(/C)CC)C1CCC1N(OC)/C(CC)=N\NC. The first-order valence-corrected chi connectivity index (χ1v) is 7.51. The summed E-state index contributed by atoms with van der Waals surface area (Å²) in [6, 6.07) is 0.348. The van der Waals surface area contributed by atoms with Gasteiger partial charge < -0.3 is 5.43 Å². The van der Waals surface area contributed by atoms with Gasteiger partial charge in [-0.2, -0.15) is 5.10 Å². The Morgan fingerprint density at radius 2 is 2.10 bits per heavy atom. The molecule has 0 bridgehead atoms. The van der Waals surface area contributed by atoms with Gasteiger partial charge in [-0.15, -0.1) is 0 Å². The van der Waals surface area contributed by atoms with E-state index in [1.807, 2.05) is 12.1 Å². The van der Waals surface area contributed by atoms with E-state index in [9.17, 15) is 0 Å². The quantitative estimate of drug-likeness (QED) is 0.335. The van der Waals surface area contributed by atoms with Crippen LogP contribution in [0.2, 0.25) is 0 Å². The summed E-state index contributed by atoms with van der Waals surface area (Å²) >= 11 is 0. The molecular weight excluding hydrogens is 250 g/mol. The van der Waals surface area contributed by atoms with Crippen molar-refractivity contribution in [1.82, 2.24) is 10.5 Å². The molecule has 4 nitrogen and oxygen atoms in total. The molecule has 0 aromatic heterocycles. The third kappa shape index (κ3) is 3.85. The molecule has 0 saturated heterocycles. The number of hydrazone groups is 1. The van der Waals surface area contributed by atoms with E-state index >= 15 is 0 Å². The zero-order valence-electron chi connectivity index (χ0n) is 13.6. The van der Waals surface area contributed by atoms with E-state index in [1.165, 1.54) is 17.6 Å². The summed E-state index contributed by atoms with van der Waals surface area (Å²) in [4.78, 5) is 5.57. The molecule has 0 spiro atoms. The summed E-state index contributed by atoms with van der Waals surface area (Å²) in [5.74, 6) is 1.40. The van der Waals surface area contributed by atoms with Crippen molar-refractivity contribution >= 4 is 5.84 Å². The van der Waals surface area contributed by atoms with Gasteiger partial charge in [-0.25, -0.2) is 5.06 Å². The van der Waals surface area contributed by atoms with Crippen LogP contribution in [0.25, 0.3) is 0 Å². The molecule has 1 saturated carbocycles. The van der Waals surface area contributed by atoms with E-state index in [0.29, 0.717) is 12.0 Å². The zero-order chi connectivity index (χ0) is 15.1. The maximum Gasteiger partial charge on any atom is 0.148 e. The molecule has 4 heteroatoms. The van der Waals surface area contributed by atoms with Crippen molar-refractivity contribution in [2.24, 2.45) is 11.0 Å². The van der Waals surface area contributed by atoms with Gasteiger partial charge in [0.1, 0.15) is 5.84 Å². The van der Waals surface area contributed by atoms with Crippen LogP contribution in [0.5, 0.6) is 0 Å². The first-order valence-electron chi connectivity index (χ1n) is 7.51. The van der Waals surface area contributed by atoms with E-state index < -0.39 is 0 Å². The summed E-state index contributed by atoms with van der Waals surface area (Å²) < 4.78 is 0. The summed E-state index contributed by atoms with van der Waals surface area (Å²) in [6.45, 7) is 10.7. The number of hydroxylamine groups is 2. The van der Waals surface area contributed by atoms with Gasteiger partial charge in [0, 0.05) is 19.4 Å². The molecule has 114 valence electrons. The fraction of sp³-hybridized carbons (Fsp3) is 0.688. The van der Waals surface area contributed by atoms with Gasteiger partial charge in [0.15, 0.2) is 0 Å². The molecule has 1 rings (SSSR count).